The summed E-state index contributed by atoms with van der Waals surface area (Å²) in [5, 5.41) is 3.18. The fourth-order valence-electron chi connectivity index (χ4n) is 6.47. The fraction of sp³-hybridized carbons (Fsp3) is 0.536. The number of fused-ring (bicyclic) bond motifs is 2. The zero-order valence-corrected chi connectivity index (χ0v) is 21.9. The Morgan fingerprint density at radius 3 is 2.38 bits per heavy atom. The van der Waals surface area contributed by atoms with Gasteiger partial charge in [0.2, 0.25) is 5.91 Å². The average Bonchev–Trinajstić information content (AvgIpc) is 3.18. The highest BCUT2D eigenvalue weighted by molar-refractivity contribution is 6.90. The van der Waals surface area contributed by atoms with E-state index in [1.807, 2.05) is 24.3 Å². The summed E-state index contributed by atoms with van der Waals surface area (Å²) in [7, 11) is -1.93. The van der Waals surface area contributed by atoms with Gasteiger partial charge in [-0.1, -0.05) is 83.9 Å². The molecule has 0 aromatic heterocycles. The third kappa shape index (κ3) is 3.70. The monoisotopic (exact) mass is 448 g/mol. The summed E-state index contributed by atoms with van der Waals surface area (Å²) >= 11 is 0. The third-order valence-electron chi connectivity index (χ3n) is 7.86. The first kappa shape index (κ1) is 24.5. The Hall–Kier alpha value is -2.09. The quantitative estimate of drug-likeness (QED) is 0.314. The molecule has 2 aliphatic heterocycles. The number of benzene rings is 1. The molecule has 3 nitrogen and oxygen atoms in total. The summed E-state index contributed by atoms with van der Waals surface area (Å²) < 4.78 is 0. The lowest BCUT2D eigenvalue weighted by Crippen LogP contribution is -2.48. The van der Waals surface area contributed by atoms with Crippen molar-refractivity contribution >= 4 is 19.7 Å². The summed E-state index contributed by atoms with van der Waals surface area (Å²) in [5.74, 6) is 3.88. The first-order valence-corrected chi connectivity index (χ1v) is 14.3. The lowest BCUT2D eigenvalue weighted by Gasteiger charge is -2.39. The van der Waals surface area contributed by atoms with Crippen LogP contribution in [0, 0.1) is 11.5 Å². The minimum atomic E-state index is -1.93. The van der Waals surface area contributed by atoms with Crippen LogP contribution in [0.15, 0.2) is 49.1 Å². The van der Waals surface area contributed by atoms with Crippen molar-refractivity contribution in [1.29, 1.82) is 0 Å². The number of likely N-dealkylation sites (tertiary alicyclic amines) is 1. The number of hydrogen-bond donors (Lipinski definition) is 1. The normalized spacial score (nSPS) is 25.6. The van der Waals surface area contributed by atoms with Gasteiger partial charge in [0.25, 0.3) is 0 Å². The molecule has 0 bridgehead atoms. The van der Waals surface area contributed by atoms with Crippen LogP contribution in [-0.4, -0.2) is 37.5 Å². The molecule has 1 N–H and O–H groups in total. The van der Waals surface area contributed by atoms with Gasteiger partial charge < -0.3 is 5.32 Å². The van der Waals surface area contributed by atoms with Crippen molar-refractivity contribution in [2.45, 2.75) is 89.0 Å². The van der Waals surface area contributed by atoms with Gasteiger partial charge in [0.1, 0.15) is 13.5 Å². The maximum atomic E-state index is 13.6. The summed E-state index contributed by atoms with van der Waals surface area (Å²) in [6.45, 7) is 20.8. The number of nitrogens with one attached hydrogen (secondary N) is 1. The molecule has 1 aromatic rings. The number of amides is 1. The first-order valence-electron chi connectivity index (χ1n) is 12.1. The van der Waals surface area contributed by atoms with Crippen molar-refractivity contribution in [3.63, 3.8) is 0 Å². The largest absolute Gasteiger partial charge is 0.325 e. The standard InChI is InChI=1S/C28H40N2OSi/c1-9-13-23-19-28(24-14-11-12-15-25(24)29-27(28)31)26(30(23)17-10-2)16-18-32(20(3)4,21(5)6)22(7)8/h9-15,20-23,26H,2,17,19H2,1,3-8H3,(H,29,31)/t23?,26-,28-/m1/s1. The summed E-state index contributed by atoms with van der Waals surface area (Å²) in [4.78, 5) is 16.0. The predicted octanol–water partition coefficient (Wildman–Crippen LogP) is 6.30. The van der Waals surface area contributed by atoms with Crippen molar-refractivity contribution < 1.29 is 4.79 Å². The molecule has 1 saturated heterocycles. The minimum absolute atomic E-state index is 0.0879. The molecule has 3 rings (SSSR count). The average molecular weight is 449 g/mol. The van der Waals surface area contributed by atoms with Crippen molar-refractivity contribution in [3.05, 3.63) is 54.6 Å². The predicted molar refractivity (Wildman–Crippen MR) is 139 cm³/mol. The van der Waals surface area contributed by atoms with E-state index >= 15 is 0 Å². The second-order valence-electron chi connectivity index (χ2n) is 10.3. The Labute approximate surface area is 196 Å². The van der Waals surface area contributed by atoms with Gasteiger partial charge in [-0.15, -0.1) is 12.1 Å². The molecule has 3 atom stereocenters. The van der Waals surface area contributed by atoms with Crippen LogP contribution in [0.3, 0.4) is 0 Å². The van der Waals surface area contributed by atoms with E-state index in [1.165, 1.54) is 0 Å². The second kappa shape index (κ2) is 9.41. The molecule has 1 unspecified atom stereocenters. The second-order valence-corrected chi connectivity index (χ2v) is 15.9. The van der Waals surface area contributed by atoms with Crippen molar-refractivity contribution in [2.24, 2.45) is 0 Å². The lowest BCUT2D eigenvalue weighted by atomic mass is 9.74. The van der Waals surface area contributed by atoms with E-state index < -0.39 is 13.5 Å². The van der Waals surface area contributed by atoms with Gasteiger partial charge in [0.05, 0.1) is 6.04 Å². The van der Waals surface area contributed by atoms with E-state index in [0.717, 1.165) is 17.7 Å². The molecule has 2 aliphatic rings. The zero-order chi connectivity index (χ0) is 23.7. The van der Waals surface area contributed by atoms with Crippen molar-refractivity contribution in [3.8, 4) is 11.5 Å². The van der Waals surface area contributed by atoms with Crippen LogP contribution in [0.25, 0.3) is 0 Å². The van der Waals surface area contributed by atoms with Crippen LogP contribution in [-0.2, 0) is 10.2 Å². The fourth-order valence-corrected chi connectivity index (χ4v) is 11.7. The van der Waals surface area contributed by atoms with Gasteiger partial charge >= 0.3 is 0 Å². The number of allylic oxidation sites excluding steroid dienone is 1. The number of para-hydroxylation sites is 1. The Kier molecular flexibility index (Phi) is 7.22. The molecule has 0 saturated carbocycles. The van der Waals surface area contributed by atoms with E-state index in [-0.39, 0.29) is 18.0 Å². The smallest absolute Gasteiger partial charge is 0.237 e. The number of nitrogens with zero attached hydrogens (tertiary/aromatic N) is 1. The Balaban J connectivity index is 2.25. The van der Waals surface area contributed by atoms with Crippen LogP contribution < -0.4 is 5.32 Å². The van der Waals surface area contributed by atoms with Gasteiger partial charge in [-0.25, -0.2) is 0 Å². The van der Waals surface area contributed by atoms with E-state index in [4.69, 9.17) is 0 Å². The molecule has 4 heteroatoms. The van der Waals surface area contributed by atoms with Crippen LogP contribution in [0.5, 0.6) is 0 Å². The van der Waals surface area contributed by atoms with Gasteiger partial charge in [0.15, 0.2) is 0 Å². The van der Waals surface area contributed by atoms with E-state index in [1.54, 1.807) is 0 Å². The first-order chi connectivity index (χ1) is 15.2. The van der Waals surface area contributed by atoms with Crippen LogP contribution in [0.4, 0.5) is 5.69 Å². The summed E-state index contributed by atoms with van der Waals surface area (Å²) in [5.41, 5.74) is 6.97. The van der Waals surface area contributed by atoms with Gasteiger partial charge in [-0.2, -0.15) is 0 Å². The topological polar surface area (TPSA) is 32.3 Å². The van der Waals surface area contributed by atoms with Crippen LogP contribution in [0.1, 0.15) is 60.5 Å². The maximum absolute atomic E-state index is 13.6. The van der Waals surface area contributed by atoms with Crippen molar-refractivity contribution in [2.75, 3.05) is 11.9 Å². The Morgan fingerprint density at radius 1 is 1.19 bits per heavy atom. The molecular formula is C28H40N2OSi. The molecule has 0 aliphatic carbocycles. The van der Waals surface area contributed by atoms with Crippen molar-refractivity contribution in [1.82, 2.24) is 4.90 Å². The molecule has 1 spiro atoms. The Bertz CT molecular complexity index is 930. The highest BCUT2D eigenvalue weighted by Gasteiger charge is 2.60. The number of carbonyl (C=O) groups excluding carboxylic acids is 1. The number of anilines is 1. The lowest BCUT2D eigenvalue weighted by molar-refractivity contribution is -0.121. The summed E-state index contributed by atoms with van der Waals surface area (Å²) in [6.07, 6.45) is 7.01. The molecule has 1 fully saturated rings. The molecule has 1 aromatic carbocycles. The summed E-state index contributed by atoms with van der Waals surface area (Å²) in [6, 6.07) is 8.15. The minimum Gasteiger partial charge on any atom is -0.325 e. The van der Waals surface area contributed by atoms with Gasteiger partial charge in [-0.3, -0.25) is 9.69 Å². The molecule has 1 amide bonds. The zero-order valence-electron chi connectivity index (χ0n) is 20.9. The number of hydrogen-bond acceptors (Lipinski definition) is 2. The molecule has 32 heavy (non-hydrogen) atoms. The van der Waals surface area contributed by atoms with Crippen LogP contribution >= 0.6 is 0 Å². The third-order valence-corrected chi connectivity index (χ3v) is 14.2. The maximum Gasteiger partial charge on any atom is 0.237 e. The SMILES string of the molecule is C=CCN1C(C=CC)C[C@]2(C(=O)Nc3ccccc32)[C@H]1C#C[Si](C(C)C)(C(C)C)C(C)C. The molecule has 0 radical (unpaired) electrons. The van der Waals surface area contributed by atoms with E-state index in [2.05, 4.69) is 94.9 Å². The molecular weight excluding hydrogens is 408 g/mol. The molecule has 172 valence electrons. The number of carbonyl (C=O) groups is 1. The van der Waals surface area contributed by atoms with E-state index in [0.29, 0.717) is 23.2 Å². The Morgan fingerprint density at radius 2 is 1.81 bits per heavy atom. The molecule has 2 heterocycles. The van der Waals surface area contributed by atoms with E-state index in [9.17, 15) is 4.79 Å². The van der Waals surface area contributed by atoms with Crippen LogP contribution in [0.2, 0.25) is 16.6 Å². The number of rotatable bonds is 6. The highest BCUT2D eigenvalue weighted by atomic mass is 28.3. The van der Waals surface area contributed by atoms with Gasteiger partial charge in [0, 0.05) is 18.3 Å². The van der Waals surface area contributed by atoms with Gasteiger partial charge in [-0.05, 0) is 41.6 Å². The highest BCUT2D eigenvalue weighted by Crippen LogP contribution is 2.51.